The molecule has 2 atom stereocenters. The van der Waals surface area contributed by atoms with Crippen LogP contribution in [0.2, 0.25) is 0 Å². The molecule has 0 saturated carbocycles. The number of hydrogen-bond donors (Lipinski definition) is 1. The standard InChI is InChI=1S/C22H16N4OS/c1-22(20(27)26-21-25-8-9-28-21)11-17-7-4-15(13-24)10-18(17)19(22)16-5-2-14(12-23)3-6-16/h2-10,19H,11H2,1H3,(H,25,26,27)/t19-,22+/m1/s1. The third-order valence-corrected chi connectivity index (χ3v) is 6.01. The van der Waals surface area contributed by atoms with Gasteiger partial charge in [0.05, 0.1) is 28.7 Å². The van der Waals surface area contributed by atoms with Gasteiger partial charge in [0.2, 0.25) is 5.91 Å². The Morgan fingerprint density at radius 1 is 1.18 bits per heavy atom. The topological polar surface area (TPSA) is 89.6 Å². The highest BCUT2D eigenvalue weighted by atomic mass is 32.1. The van der Waals surface area contributed by atoms with Gasteiger partial charge in [-0.3, -0.25) is 4.79 Å². The van der Waals surface area contributed by atoms with E-state index in [2.05, 4.69) is 22.4 Å². The molecule has 2 aromatic carbocycles. The van der Waals surface area contributed by atoms with E-state index in [1.54, 1.807) is 24.4 Å². The van der Waals surface area contributed by atoms with Crippen LogP contribution < -0.4 is 5.32 Å². The molecular formula is C22H16N4OS. The molecule has 0 spiro atoms. The molecule has 1 aliphatic carbocycles. The van der Waals surface area contributed by atoms with Crippen LogP contribution in [-0.2, 0) is 11.2 Å². The Kier molecular flexibility index (Phi) is 4.43. The first-order valence-corrected chi connectivity index (χ1v) is 9.67. The zero-order valence-corrected chi connectivity index (χ0v) is 16.0. The fourth-order valence-corrected chi connectivity index (χ4v) is 4.49. The van der Waals surface area contributed by atoms with E-state index in [0.717, 1.165) is 16.7 Å². The number of nitriles is 2. The predicted molar refractivity (Wildman–Crippen MR) is 107 cm³/mol. The third-order valence-electron chi connectivity index (χ3n) is 5.33. The molecule has 1 aromatic heterocycles. The monoisotopic (exact) mass is 384 g/mol. The molecular weight excluding hydrogens is 368 g/mol. The van der Waals surface area contributed by atoms with Crippen molar-refractivity contribution in [3.8, 4) is 12.1 Å². The molecule has 4 rings (SSSR count). The number of carbonyl (C=O) groups excluding carboxylic acids is 1. The lowest BCUT2D eigenvalue weighted by Gasteiger charge is -2.31. The maximum atomic E-state index is 13.3. The van der Waals surface area contributed by atoms with Crippen molar-refractivity contribution in [1.29, 1.82) is 10.5 Å². The summed E-state index contributed by atoms with van der Waals surface area (Å²) in [7, 11) is 0. The zero-order valence-electron chi connectivity index (χ0n) is 15.1. The van der Waals surface area contributed by atoms with Crippen molar-refractivity contribution in [2.75, 3.05) is 5.32 Å². The summed E-state index contributed by atoms with van der Waals surface area (Å²) >= 11 is 1.38. The smallest absolute Gasteiger partial charge is 0.233 e. The fraction of sp³-hybridized carbons (Fsp3) is 0.182. The molecule has 0 unspecified atom stereocenters. The molecule has 1 N–H and O–H groups in total. The van der Waals surface area contributed by atoms with Crippen molar-refractivity contribution in [2.45, 2.75) is 19.3 Å². The maximum Gasteiger partial charge on any atom is 0.233 e. The van der Waals surface area contributed by atoms with Gasteiger partial charge in [-0.05, 0) is 54.3 Å². The lowest BCUT2D eigenvalue weighted by atomic mass is 9.73. The Balaban J connectivity index is 1.81. The zero-order chi connectivity index (χ0) is 19.7. The molecule has 1 heterocycles. The Bertz CT molecular complexity index is 1120. The molecule has 0 saturated heterocycles. The van der Waals surface area contributed by atoms with Gasteiger partial charge in [0.15, 0.2) is 5.13 Å². The van der Waals surface area contributed by atoms with E-state index in [1.807, 2.05) is 36.6 Å². The van der Waals surface area contributed by atoms with Crippen LogP contribution in [0.25, 0.3) is 0 Å². The molecule has 1 amide bonds. The largest absolute Gasteiger partial charge is 0.301 e. The predicted octanol–water partition coefficient (Wildman–Crippen LogP) is 4.22. The maximum absolute atomic E-state index is 13.3. The highest BCUT2D eigenvalue weighted by Gasteiger charge is 2.49. The number of anilines is 1. The van der Waals surface area contributed by atoms with Gasteiger partial charge in [0, 0.05) is 17.5 Å². The Morgan fingerprint density at radius 2 is 1.89 bits per heavy atom. The Morgan fingerprint density at radius 3 is 2.54 bits per heavy atom. The molecule has 0 radical (unpaired) electrons. The highest BCUT2D eigenvalue weighted by molar-refractivity contribution is 7.13. The summed E-state index contributed by atoms with van der Waals surface area (Å²) < 4.78 is 0. The Hall–Kier alpha value is -3.48. The number of hydrogen-bond acceptors (Lipinski definition) is 5. The van der Waals surface area contributed by atoms with Gasteiger partial charge in [-0.15, -0.1) is 11.3 Å². The van der Waals surface area contributed by atoms with Crippen molar-refractivity contribution in [2.24, 2.45) is 5.41 Å². The third kappa shape index (κ3) is 2.94. The van der Waals surface area contributed by atoms with Crippen molar-refractivity contribution >= 4 is 22.4 Å². The fourth-order valence-electron chi connectivity index (χ4n) is 3.97. The minimum Gasteiger partial charge on any atom is -0.301 e. The number of nitrogens with one attached hydrogen (secondary N) is 1. The number of amides is 1. The molecule has 136 valence electrons. The number of thiazole rings is 1. The quantitative estimate of drug-likeness (QED) is 0.732. The van der Waals surface area contributed by atoms with E-state index in [0.29, 0.717) is 22.7 Å². The van der Waals surface area contributed by atoms with Gasteiger partial charge in [0.1, 0.15) is 0 Å². The van der Waals surface area contributed by atoms with E-state index in [9.17, 15) is 10.1 Å². The van der Waals surface area contributed by atoms with Crippen LogP contribution in [0.4, 0.5) is 5.13 Å². The van der Waals surface area contributed by atoms with E-state index >= 15 is 0 Å². The molecule has 3 aromatic rings. The van der Waals surface area contributed by atoms with Crippen LogP contribution >= 0.6 is 11.3 Å². The SMILES string of the molecule is C[C@]1(C(=O)Nc2nccs2)Cc2ccc(C#N)cc2[C@H]1c1ccc(C#N)cc1. The second-order valence-corrected chi connectivity index (χ2v) is 7.97. The number of benzene rings is 2. The summed E-state index contributed by atoms with van der Waals surface area (Å²) in [5.41, 5.74) is 3.40. The average Bonchev–Trinajstić information content (AvgIpc) is 3.33. The second-order valence-electron chi connectivity index (χ2n) is 7.08. The van der Waals surface area contributed by atoms with Crippen LogP contribution in [0.3, 0.4) is 0 Å². The number of fused-ring (bicyclic) bond motifs is 1. The minimum absolute atomic E-state index is 0.105. The van der Waals surface area contributed by atoms with E-state index < -0.39 is 5.41 Å². The van der Waals surface area contributed by atoms with Crippen LogP contribution in [0.5, 0.6) is 0 Å². The normalized spacial score (nSPS) is 20.0. The molecule has 28 heavy (non-hydrogen) atoms. The highest BCUT2D eigenvalue weighted by Crippen LogP contribution is 2.51. The lowest BCUT2D eigenvalue weighted by Crippen LogP contribution is -2.37. The van der Waals surface area contributed by atoms with Crippen molar-refractivity contribution in [1.82, 2.24) is 4.98 Å². The average molecular weight is 384 g/mol. The van der Waals surface area contributed by atoms with Gasteiger partial charge >= 0.3 is 0 Å². The summed E-state index contributed by atoms with van der Waals surface area (Å²) in [5.74, 6) is -0.324. The van der Waals surface area contributed by atoms with Crippen LogP contribution in [0.15, 0.2) is 54.0 Å². The van der Waals surface area contributed by atoms with Gasteiger partial charge in [-0.25, -0.2) is 4.98 Å². The van der Waals surface area contributed by atoms with Gasteiger partial charge in [-0.2, -0.15) is 10.5 Å². The first-order valence-electron chi connectivity index (χ1n) is 8.79. The molecule has 0 fully saturated rings. The van der Waals surface area contributed by atoms with Crippen LogP contribution in [0.1, 0.15) is 40.7 Å². The molecule has 0 aliphatic heterocycles. The summed E-state index contributed by atoms with van der Waals surface area (Å²) in [4.78, 5) is 17.5. The van der Waals surface area contributed by atoms with Gasteiger partial charge in [0.25, 0.3) is 0 Å². The van der Waals surface area contributed by atoms with E-state index in [4.69, 9.17) is 5.26 Å². The molecule has 1 aliphatic rings. The summed E-state index contributed by atoms with van der Waals surface area (Å²) in [6, 6.07) is 17.2. The summed E-state index contributed by atoms with van der Waals surface area (Å²) in [6.45, 7) is 1.95. The number of carbonyl (C=O) groups is 1. The Labute approximate surface area is 166 Å². The van der Waals surface area contributed by atoms with Crippen molar-refractivity contribution < 1.29 is 4.79 Å². The summed E-state index contributed by atoms with van der Waals surface area (Å²) in [5, 5.41) is 23.8. The lowest BCUT2D eigenvalue weighted by molar-refractivity contribution is -0.125. The van der Waals surface area contributed by atoms with Crippen molar-refractivity contribution in [3.63, 3.8) is 0 Å². The first kappa shape index (κ1) is 17.9. The summed E-state index contributed by atoms with van der Waals surface area (Å²) in [6.07, 6.45) is 2.22. The van der Waals surface area contributed by atoms with E-state index in [1.165, 1.54) is 11.3 Å². The molecule has 6 heteroatoms. The minimum atomic E-state index is -0.740. The number of nitrogens with zero attached hydrogens (tertiary/aromatic N) is 3. The molecule has 5 nitrogen and oxygen atoms in total. The number of aromatic nitrogens is 1. The van der Waals surface area contributed by atoms with Gasteiger partial charge < -0.3 is 5.32 Å². The molecule has 0 bridgehead atoms. The second kappa shape index (κ2) is 6.92. The van der Waals surface area contributed by atoms with Crippen LogP contribution in [0, 0.1) is 28.1 Å². The first-order chi connectivity index (χ1) is 13.5. The van der Waals surface area contributed by atoms with E-state index in [-0.39, 0.29) is 11.8 Å². The van der Waals surface area contributed by atoms with Crippen molar-refractivity contribution in [3.05, 3.63) is 81.9 Å². The van der Waals surface area contributed by atoms with Crippen LogP contribution in [-0.4, -0.2) is 10.9 Å². The number of rotatable bonds is 3. The van der Waals surface area contributed by atoms with Gasteiger partial charge in [-0.1, -0.05) is 18.2 Å².